The van der Waals surface area contributed by atoms with Crippen molar-refractivity contribution in [3.63, 3.8) is 0 Å². The first kappa shape index (κ1) is 22.9. The molecule has 2 heterocycles. The highest BCUT2D eigenvalue weighted by Crippen LogP contribution is 2.35. The molecule has 3 aromatic rings. The van der Waals surface area contributed by atoms with Crippen molar-refractivity contribution in [2.75, 3.05) is 13.1 Å². The Morgan fingerprint density at radius 1 is 1.03 bits per heavy atom. The van der Waals surface area contributed by atoms with Gasteiger partial charge < -0.3 is 10.4 Å². The number of nitrogens with zero attached hydrogens (tertiary/aromatic N) is 1. The third-order valence-electron chi connectivity index (χ3n) is 5.62. The van der Waals surface area contributed by atoms with Gasteiger partial charge in [0.2, 0.25) is 0 Å². The van der Waals surface area contributed by atoms with Gasteiger partial charge >= 0.3 is 0 Å². The van der Waals surface area contributed by atoms with E-state index in [1.54, 1.807) is 36.4 Å². The molecule has 6 nitrogen and oxygen atoms in total. The molecule has 0 radical (unpaired) electrons. The highest BCUT2D eigenvalue weighted by molar-refractivity contribution is 7.91. The number of rotatable bonds is 6. The van der Waals surface area contributed by atoms with Gasteiger partial charge in [0.15, 0.2) is 0 Å². The van der Waals surface area contributed by atoms with E-state index in [2.05, 4.69) is 5.32 Å². The predicted octanol–water partition coefficient (Wildman–Crippen LogP) is 4.00. The number of thiophene rings is 1. The van der Waals surface area contributed by atoms with Gasteiger partial charge in [0.1, 0.15) is 4.21 Å². The van der Waals surface area contributed by atoms with Crippen LogP contribution in [0.2, 0.25) is 5.02 Å². The quantitative estimate of drug-likeness (QED) is 0.546. The Balaban J connectivity index is 1.38. The van der Waals surface area contributed by atoms with Crippen LogP contribution in [0.5, 0.6) is 0 Å². The van der Waals surface area contributed by atoms with Gasteiger partial charge in [-0.25, -0.2) is 8.42 Å². The number of sulfonamides is 1. The Bertz CT molecular complexity index is 1190. The fourth-order valence-corrected chi connectivity index (χ4v) is 6.74. The van der Waals surface area contributed by atoms with E-state index < -0.39 is 15.6 Å². The van der Waals surface area contributed by atoms with E-state index >= 15 is 0 Å². The molecule has 4 rings (SSSR count). The van der Waals surface area contributed by atoms with Crippen LogP contribution < -0.4 is 5.32 Å². The number of benzene rings is 2. The Labute approximate surface area is 196 Å². The number of nitrogens with one attached hydrogen (secondary N) is 1. The van der Waals surface area contributed by atoms with Gasteiger partial charge in [-0.05, 0) is 54.8 Å². The average molecular weight is 491 g/mol. The molecule has 0 atom stereocenters. The second-order valence-electron chi connectivity index (χ2n) is 7.71. The molecular weight excluding hydrogens is 468 g/mol. The van der Waals surface area contributed by atoms with Crippen LogP contribution in [0.3, 0.4) is 0 Å². The number of halogens is 1. The fraction of sp³-hybridized carbons (Fsp3) is 0.261. The van der Waals surface area contributed by atoms with Crippen molar-refractivity contribution in [2.45, 2.75) is 29.2 Å². The number of carbonyl (C=O) groups is 1. The van der Waals surface area contributed by atoms with Crippen LogP contribution in [0.4, 0.5) is 0 Å². The monoisotopic (exact) mass is 490 g/mol. The van der Waals surface area contributed by atoms with E-state index in [0.29, 0.717) is 23.4 Å². The lowest BCUT2D eigenvalue weighted by Gasteiger charge is -2.37. The Morgan fingerprint density at radius 2 is 1.69 bits per heavy atom. The maximum atomic E-state index is 13.1. The summed E-state index contributed by atoms with van der Waals surface area (Å²) in [6.45, 7) is 0.720. The summed E-state index contributed by atoms with van der Waals surface area (Å²) in [7, 11) is -3.66. The van der Waals surface area contributed by atoms with Gasteiger partial charge in [-0.15, -0.1) is 11.3 Å². The molecule has 168 valence electrons. The molecule has 32 heavy (non-hydrogen) atoms. The normalized spacial score (nSPS) is 16.6. The van der Waals surface area contributed by atoms with Gasteiger partial charge in [-0.2, -0.15) is 4.31 Å². The lowest BCUT2D eigenvalue weighted by atomic mass is 9.85. The van der Waals surface area contributed by atoms with Crippen LogP contribution in [0.15, 0.2) is 70.9 Å². The second kappa shape index (κ2) is 9.33. The molecule has 1 aliphatic heterocycles. The standard InChI is InChI=1S/C23H23ClN2O4S2/c24-19-8-6-17(7-9-19)22(27)25-16-20-10-11-21(31-20)32(29,30)26-14-12-23(28,13-15-26)18-4-2-1-3-5-18/h1-11,28H,12-16H2,(H,25,27). The van der Waals surface area contributed by atoms with Gasteiger partial charge in [0.05, 0.1) is 12.1 Å². The largest absolute Gasteiger partial charge is 0.385 e. The molecule has 1 saturated heterocycles. The van der Waals surface area contributed by atoms with E-state index in [1.165, 1.54) is 4.31 Å². The number of aliphatic hydroxyl groups is 1. The average Bonchev–Trinajstić information content (AvgIpc) is 3.29. The summed E-state index contributed by atoms with van der Waals surface area (Å²) in [6, 6.07) is 19.2. The number of hydrogen-bond donors (Lipinski definition) is 2. The van der Waals surface area contributed by atoms with Gasteiger partial charge in [0, 0.05) is 28.6 Å². The van der Waals surface area contributed by atoms with E-state index in [1.807, 2.05) is 30.3 Å². The van der Waals surface area contributed by atoms with Crippen molar-refractivity contribution in [2.24, 2.45) is 0 Å². The molecule has 0 aliphatic carbocycles. The van der Waals surface area contributed by atoms with Crippen LogP contribution in [-0.2, 0) is 22.2 Å². The minimum absolute atomic E-state index is 0.232. The first-order chi connectivity index (χ1) is 15.3. The second-order valence-corrected chi connectivity index (χ2v) is 11.5. The molecule has 1 aromatic heterocycles. The van der Waals surface area contributed by atoms with E-state index in [4.69, 9.17) is 11.6 Å². The summed E-state index contributed by atoms with van der Waals surface area (Å²) < 4.78 is 27.8. The van der Waals surface area contributed by atoms with E-state index in [0.717, 1.165) is 21.8 Å². The molecule has 0 spiro atoms. The molecule has 1 fully saturated rings. The molecule has 0 saturated carbocycles. The maximum absolute atomic E-state index is 13.1. The van der Waals surface area contributed by atoms with Crippen molar-refractivity contribution in [3.05, 3.63) is 87.8 Å². The van der Waals surface area contributed by atoms with Crippen molar-refractivity contribution in [1.82, 2.24) is 9.62 Å². The number of amides is 1. The maximum Gasteiger partial charge on any atom is 0.252 e. The van der Waals surface area contributed by atoms with Crippen LogP contribution in [0, 0.1) is 0 Å². The number of piperidine rings is 1. The molecule has 2 aromatic carbocycles. The fourth-order valence-electron chi connectivity index (χ4n) is 3.72. The number of hydrogen-bond acceptors (Lipinski definition) is 5. The third kappa shape index (κ3) is 4.89. The highest BCUT2D eigenvalue weighted by Gasteiger charge is 2.38. The zero-order valence-corrected chi connectivity index (χ0v) is 19.6. The van der Waals surface area contributed by atoms with Gasteiger partial charge in [0.25, 0.3) is 15.9 Å². The van der Waals surface area contributed by atoms with Gasteiger partial charge in [-0.1, -0.05) is 41.9 Å². The topological polar surface area (TPSA) is 86.7 Å². The van der Waals surface area contributed by atoms with Crippen LogP contribution in [0.1, 0.15) is 33.6 Å². The van der Waals surface area contributed by atoms with E-state index in [-0.39, 0.29) is 29.8 Å². The van der Waals surface area contributed by atoms with Crippen molar-refractivity contribution in [1.29, 1.82) is 0 Å². The molecule has 1 aliphatic rings. The number of carbonyl (C=O) groups excluding carboxylic acids is 1. The molecule has 0 unspecified atom stereocenters. The van der Waals surface area contributed by atoms with Gasteiger partial charge in [-0.3, -0.25) is 4.79 Å². The summed E-state index contributed by atoms with van der Waals surface area (Å²) in [5.41, 5.74) is 0.282. The van der Waals surface area contributed by atoms with Crippen molar-refractivity contribution >= 4 is 38.9 Å². The molecule has 2 N–H and O–H groups in total. The van der Waals surface area contributed by atoms with Crippen LogP contribution in [-0.4, -0.2) is 36.8 Å². The first-order valence-corrected chi connectivity index (χ1v) is 12.8. The summed E-state index contributed by atoms with van der Waals surface area (Å²) in [4.78, 5) is 13.0. The zero-order chi connectivity index (χ0) is 22.8. The summed E-state index contributed by atoms with van der Waals surface area (Å²) in [6.07, 6.45) is 0.678. The Morgan fingerprint density at radius 3 is 2.34 bits per heavy atom. The minimum Gasteiger partial charge on any atom is -0.385 e. The lowest BCUT2D eigenvalue weighted by molar-refractivity contribution is -0.00958. The Hall–Kier alpha value is -2.23. The smallest absolute Gasteiger partial charge is 0.252 e. The Kier molecular flexibility index (Phi) is 6.69. The highest BCUT2D eigenvalue weighted by atomic mass is 35.5. The minimum atomic E-state index is -3.66. The SMILES string of the molecule is O=C(NCc1ccc(S(=O)(=O)N2CCC(O)(c3ccccc3)CC2)s1)c1ccc(Cl)cc1. The van der Waals surface area contributed by atoms with Crippen LogP contribution >= 0.6 is 22.9 Å². The van der Waals surface area contributed by atoms with Crippen molar-refractivity contribution < 1.29 is 18.3 Å². The molecule has 1 amide bonds. The summed E-state index contributed by atoms with van der Waals surface area (Å²) in [5, 5.41) is 14.3. The molecular formula is C23H23ClN2O4S2. The zero-order valence-electron chi connectivity index (χ0n) is 17.2. The molecule has 9 heteroatoms. The molecule has 0 bridgehead atoms. The third-order valence-corrected chi connectivity index (χ3v) is 9.32. The van der Waals surface area contributed by atoms with E-state index in [9.17, 15) is 18.3 Å². The first-order valence-electron chi connectivity index (χ1n) is 10.2. The van der Waals surface area contributed by atoms with Crippen molar-refractivity contribution in [3.8, 4) is 0 Å². The predicted molar refractivity (Wildman–Crippen MR) is 125 cm³/mol. The summed E-state index contributed by atoms with van der Waals surface area (Å²) >= 11 is 6.98. The summed E-state index contributed by atoms with van der Waals surface area (Å²) in [5.74, 6) is -0.254. The van der Waals surface area contributed by atoms with Crippen LogP contribution in [0.25, 0.3) is 0 Å². The lowest BCUT2D eigenvalue weighted by Crippen LogP contribution is -2.44.